The molecule has 2 atom stereocenters. The minimum Gasteiger partial charge on any atom is -0.384 e. The van der Waals surface area contributed by atoms with E-state index >= 15 is 0 Å². The van der Waals surface area contributed by atoms with Crippen LogP contribution in [0.15, 0.2) is 17.5 Å². The Balaban J connectivity index is 2.32. The molecule has 2 rings (SSSR count). The smallest absolute Gasteiger partial charge is 0.105 e. The zero-order chi connectivity index (χ0) is 11.6. The fourth-order valence-electron chi connectivity index (χ4n) is 2.41. The molecule has 0 saturated carbocycles. The largest absolute Gasteiger partial charge is 0.384 e. The summed E-state index contributed by atoms with van der Waals surface area (Å²) in [6.07, 6.45) is 1.90. The van der Waals surface area contributed by atoms with Crippen molar-refractivity contribution < 1.29 is 9.84 Å². The average molecular weight is 241 g/mol. The molecule has 1 aliphatic rings. The van der Waals surface area contributed by atoms with Crippen LogP contribution in [0.4, 0.5) is 0 Å². The molecule has 3 N–H and O–H groups in total. The van der Waals surface area contributed by atoms with Gasteiger partial charge in [0.2, 0.25) is 0 Å². The van der Waals surface area contributed by atoms with E-state index in [1.54, 1.807) is 11.3 Å². The molecular weight excluding hydrogens is 222 g/mol. The van der Waals surface area contributed by atoms with Gasteiger partial charge < -0.3 is 15.6 Å². The Morgan fingerprint density at radius 3 is 3.00 bits per heavy atom. The minimum atomic E-state index is -0.893. The van der Waals surface area contributed by atoms with E-state index in [0.717, 1.165) is 24.3 Å². The highest BCUT2D eigenvalue weighted by Crippen LogP contribution is 2.46. The van der Waals surface area contributed by atoms with Crippen LogP contribution in [0.2, 0.25) is 0 Å². The second kappa shape index (κ2) is 4.45. The van der Waals surface area contributed by atoms with Crippen molar-refractivity contribution in [3.8, 4) is 0 Å². The topological polar surface area (TPSA) is 55.5 Å². The van der Waals surface area contributed by atoms with Gasteiger partial charge in [-0.25, -0.2) is 0 Å². The molecule has 0 aromatic carbocycles. The molecule has 1 fully saturated rings. The van der Waals surface area contributed by atoms with Crippen molar-refractivity contribution in [3.63, 3.8) is 0 Å². The van der Waals surface area contributed by atoms with Crippen molar-refractivity contribution in [1.82, 2.24) is 0 Å². The van der Waals surface area contributed by atoms with Crippen LogP contribution >= 0.6 is 11.3 Å². The molecule has 16 heavy (non-hydrogen) atoms. The van der Waals surface area contributed by atoms with E-state index in [1.165, 1.54) is 0 Å². The van der Waals surface area contributed by atoms with Gasteiger partial charge in [0, 0.05) is 23.4 Å². The molecule has 2 unspecified atom stereocenters. The molecule has 0 aliphatic carbocycles. The highest BCUT2D eigenvalue weighted by molar-refractivity contribution is 7.10. The first-order valence-electron chi connectivity index (χ1n) is 5.67. The number of hydrogen-bond acceptors (Lipinski definition) is 4. The number of ether oxygens (including phenoxy) is 1. The summed E-state index contributed by atoms with van der Waals surface area (Å²) in [4.78, 5) is 0.975. The van der Waals surface area contributed by atoms with Crippen LogP contribution in [-0.4, -0.2) is 24.9 Å². The zero-order valence-corrected chi connectivity index (χ0v) is 10.4. The molecule has 3 nitrogen and oxygen atoms in total. The summed E-state index contributed by atoms with van der Waals surface area (Å²) in [6.45, 7) is 3.65. The van der Waals surface area contributed by atoms with Gasteiger partial charge in [-0.15, -0.1) is 11.3 Å². The van der Waals surface area contributed by atoms with Crippen LogP contribution in [0.1, 0.15) is 24.6 Å². The first kappa shape index (κ1) is 12.0. The number of thiophene rings is 1. The summed E-state index contributed by atoms with van der Waals surface area (Å²) in [5.74, 6) is 0. The van der Waals surface area contributed by atoms with Gasteiger partial charge in [-0.2, -0.15) is 0 Å². The quantitative estimate of drug-likeness (QED) is 0.847. The Bertz CT molecular complexity index is 329. The number of hydrogen-bond donors (Lipinski definition) is 2. The maximum absolute atomic E-state index is 10.8. The molecule has 0 spiro atoms. The third kappa shape index (κ3) is 1.80. The maximum atomic E-state index is 10.8. The van der Waals surface area contributed by atoms with Gasteiger partial charge in [-0.05, 0) is 31.2 Å². The van der Waals surface area contributed by atoms with Crippen molar-refractivity contribution in [2.24, 2.45) is 11.1 Å². The van der Waals surface area contributed by atoms with Crippen LogP contribution < -0.4 is 5.73 Å². The standard InChI is InChI=1S/C12H19NO2S/c1-11(14,10-4-2-7-16-10)12(8-13)5-3-6-15-9-12/h2,4,7,14H,3,5-6,8-9,13H2,1H3. The summed E-state index contributed by atoms with van der Waals surface area (Å²) in [7, 11) is 0. The second-order valence-corrected chi connectivity index (χ2v) is 5.64. The summed E-state index contributed by atoms with van der Waals surface area (Å²) in [5.41, 5.74) is 4.67. The Kier molecular flexibility index (Phi) is 3.35. The van der Waals surface area contributed by atoms with Gasteiger partial charge in [-0.3, -0.25) is 0 Å². The van der Waals surface area contributed by atoms with Crippen LogP contribution in [0.25, 0.3) is 0 Å². The monoisotopic (exact) mass is 241 g/mol. The van der Waals surface area contributed by atoms with Gasteiger partial charge in [-0.1, -0.05) is 6.07 Å². The minimum absolute atomic E-state index is 0.337. The van der Waals surface area contributed by atoms with E-state index in [-0.39, 0.29) is 5.41 Å². The Morgan fingerprint density at radius 2 is 2.50 bits per heavy atom. The molecule has 0 radical (unpaired) electrons. The lowest BCUT2D eigenvalue weighted by atomic mass is 9.68. The third-order valence-electron chi connectivity index (χ3n) is 3.75. The molecule has 1 aromatic rings. The van der Waals surface area contributed by atoms with Crippen LogP contribution in [0, 0.1) is 5.41 Å². The molecule has 4 heteroatoms. The van der Waals surface area contributed by atoms with Crippen LogP contribution in [0.3, 0.4) is 0 Å². The fourth-order valence-corrected chi connectivity index (χ4v) is 3.32. The highest BCUT2D eigenvalue weighted by Gasteiger charge is 2.49. The van der Waals surface area contributed by atoms with Crippen molar-refractivity contribution in [3.05, 3.63) is 22.4 Å². The Morgan fingerprint density at radius 1 is 1.69 bits per heavy atom. The summed E-state index contributed by atoms with van der Waals surface area (Å²) < 4.78 is 5.53. The van der Waals surface area contributed by atoms with Crippen molar-refractivity contribution in [2.45, 2.75) is 25.4 Å². The lowest BCUT2D eigenvalue weighted by Crippen LogP contribution is -2.53. The lowest BCUT2D eigenvalue weighted by molar-refractivity contribution is -0.137. The first-order valence-corrected chi connectivity index (χ1v) is 6.54. The summed E-state index contributed by atoms with van der Waals surface area (Å²) >= 11 is 1.58. The molecule has 1 aromatic heterocycles. The lowest BCUT2D eigenvalue weighted by Gasteiger charge is -2.46. The van der Waals surface area contributed by atoms with E-state index in [4.69, 9.17) is 10.5 Å². The predicted octanol–water partition coefficient (Wildman–Crippen LogP) is 1.71. The molecule has 0 amide bonds. The normalized spacial score (nSPS) is 29.9. The van der Waals surface area contributed by atoms with Crippen LogP contribution in [-0.2, 0) is 10.3 Å². The molecule has 90 valence electrons. The summed E-state index contributed by atoms with van der Waals surface area (Å²) in [5, 5.41) is 12.8. The molecule has 0 bridgehead atoms. The van der Waals surface area contributed by atoms with E-state index < -0.39 is 5.60 Å². The average Bonchev–Trinajstić information content (AvgIpc) is 2.84. The van der Waals surface area contributed by atoms with Gasteiger partial charge in [0.15, 0.2) is 0 Å². The number of aliphatic hydroxyl groups is 1. The second-order valence-electron chi connectivity index (χ2n) is 4.69. The molecule has 2 heterocycles. The van der Waals surface area contributed by atoms with E-state index in [1.807, 2.05) is 24.4 Å². The maximum Gasteiger partial charge on any atom is 0.105 e. The van der Waals surface area contributed by atoms with E-state index in [0.29, 0.717) is 13.2 Å². The van der Waals surface area contributed by atoms with E-state index in [2.05, 4.69) is 0 Å². The van der Waals surface area contributed by atoms with E-state index in [9.17, 15) is 5.11 Å². The predicted molar refractivity (Wildman–Crippen MR) is 65.4 cm³/mol. The van der Waals surface area contributed by atoms with Crippen molar-refractivity contribution >= 4 is 11.3 Å². The number of rotatable bonds is 3. The molecule has 1 aliphatic heterocycles. The van der Waals surface area contributed by atoms with Gasteiger partial charge in [0.1, 0.15) is 5.60 Å². The fraction of sp³-hybridized carbons (Fsp3) is 0.667. The highest BCUT2D eigenvalue weighted by atomic mass is 32.1. The van der Waals surface area contributed by atoms with Crippen LogP contribution in [0.5, 0.6) is 0 Å². The summed E-state index contributed by atoms with van der Waals surface area (Å²) in [6, 6.07) is 3.93. The Labute approximate surface area is 100 Å². The third-order valence-corrected chi connectivity index (χ3v) is 4.83. The molecular formula is C12H19NO2S. The first-order chi connectivity index (χ1) is 7.62. The van der Waals surface area contributed by atoms with Crippen molar-refractivity contribution in [1.29, 1.82) is 0 Å². The van der Waals surface area contributed by atoms with Gasteiger partial charge >= 0.3 is 0 Å². The van der Waals surface area contributed by atoms with Crippen molar-refractivity contribution in [2.75, 3.05) is 19.8 Å². The Hall–Kier alpha value is -0.420. The van der Waals surface area contributed by atoms with Gasteiger partial charge in [0.25, 0.3) is 0 Å². The zero-order valence-electron chi connectivity index (χ0n) is 9.61. The number of nitrogens with two attached hydrogens (primary N) is 1. The van der Waals surface area contributed by atoms with Gasteiger partial charge in [0.05, 0.1) is 6.61 Å². The SMILES string of the molecule is CC(O)(c1cccs1)C1(CN)CCCOC1. The molecule has 1 saturated heterocycles.